The smallest absolute Gasteiger partial charge is 0.441 e. The number of aliphatic hydroxyl groups is 1. The van der Waals surface area contributed by atoms with Gasteiger partial charge < -0.3 is 24.5 Å². The SMILES string of the molecule is CCn1nnc(-c2ccc(-c3ccc(N4CC(C(O)C5CC5)OC4=O)cc3F)cn2)n1.O=P(O)(O)O. The molecule has 0 bridgehead atoms. The maximum Gasteiger partial charge on any atom is 0.466 e. The Hall–Kier alpha value is -3.29. The molecule has 2 aromatic heterocycles. The quantitative estimate of drug-likeness (QED) is 0.346. The number of nitrogens with zero attached hydrogens (tertiary/aromatic N) is 6. The number of cyclic esters (lactones) is 1. The first kappa shape index (κ1) is 25.8. The van der Waals surface area contributed by atoms with E-state index in [-0.39, 0.29) is 12.5 Å². The summed E-state index contributed by atoms with van der Waals surface area (Å²) in [5.74, 6) is 0.106. The first-order valence-corrected chi connectivity index (χ1v) is 12.6. The molecule has 0 spiro atoms. The third-order valence-electron chi connectivity index (χ3n) is 5.62. The standard InChI is InChI=1S/C21H21FN6O3.H3O4P/c1-2-28-25-20(24-26-28)17-8-5-13(10-23-17)15-7-6-14(9-16(15)22)27-11-18(31-21(27)30)19(29)12-3-4-12;1-5(2,3)4/h5-10,12,18-19,29H,2-4,11H2,1H3;(H3,1,2,3,4). The van der Waals surface area contributed by atoms with Crippen molar-refractivity contribution in [1.82, 2.24) is 25.2 Å². The van der Waals surface area contributed by atoms with Crippen molar-refractivity contribution in [3.8, 4) is 22.6 Å². The van der Waals surface area contributed by atoms with Gasteiger partial charge in [-0.2, -0.15) is 4.80 Å². The summed E-state index contributed by atoms with van der Waals surface area (Å²) in [6.07, 6.45) is 1.61. The van der Waals surface area contributed by atoms with E-state index in [4.69, 9.17) is 24.0 Å². The van der Waals surface area contributed by atoms with Crippen LogP contribution in [0, 0.1) is 11.7 Å². The molecule has 0 radical (unpaired) electrons. The summed E-state index contributed by atoms with van der Waals surface area (Å²) in [5.41, 5.74) is 1.87. The van der Waals surface area contributed by atoms with Gasteiger partial charge in [-0.3, -0.25) is 9.88 Å². The third kappa shape index (κ3) is 6.28. The van der Waals surface area contributed by atoms with Crippen molar-refractivity contribution in [3.63, 3.8) is 0 Å². The topological polar surface area (TPSA) is 184 Å². The molecule has 192 valence electrons. The highest BCUT2D eigenvalue weighted by Gasteiger charge is 2.43. The maximum atomic E-state index is 14.9. The van der Waals surface area contributed by atoms with Crippen LogP contribution in [0.25, 0.3) is 22.6 Å². The monoisotopic (exact) mass is 522 g/mol. The number of halogens is 1. The lowest BCUT2D eigenvalue weighted by atomic mass is 10.1. The van der Waals surface area contributed by atoms with Gasteiger partial charge in [0.2, 0.25) is 5.82 Å². The van der Waals surface area contributed by atoms with E-state index in [1.54, 1.807) is 30.5 Å². The highest BCUT2D eigenvalue weighted by Crippen LogP contribution is 2.37. The van der Waals surface area contributed by atoms with E-state index in [9.17, 15) is 14.3 Å². The zero-order valence-electron chi connectivity index (χ0n) is 19.0. The molecule has 4 N–H and O–H groups in total. The average Bonchev–Trinajstić information content (AvgIpc) is 3.43. The van der Waals surface area contributed by atoms with Crippen LogP contribution in [-0.2, 0) is 15.8 Å². The Morgan fingerprint density at radius 3 is 2.50 bits per heavy atom. The summed E-state index contributed by atoms with van der Waals surface area (Å²) in [7, 11) is -4.64. The number of carbonyl (C=O) groups excluding carboxylic acids is 1. The van der Waals surface area contributed by atoms with Crippen molar-refractivity contribution >= 4 is 19.6 Å². The number of aryl methyl sites for hydroxylation is 1. The molecule has 1 saturated heterocycles. The van der Waals surface area contributed by atoms with Gasteiger partial charge in [0.15, 0.2) is 0 Å². The van der Waals surface area contributed by atoms with Gasteiger partial charge in [-0.05, 0) is 55.2 Å². The highest BCUT2D eigenvalue weighted by atomic mass is 31.2. The Morgan fingerprint density at radius 2 is 1.94 bits per heavy atom. The normalized spacial score (nSPS) is 18.4. The molecule has 2 atom stereocenters. The van der Waals surface area contributed by atoms with Crippen LogP contribution in [0.1, 0.15) is 19.8 Å². The minimum Gasteiger partial charge on any atom is -0.441 e. The van der Waals surface area contributed by atoms with Gasteiger partial charge in [0.05, 0.1) is 24.9 Å². The molecule has 2 unspecified atom stereocenters. The molecule has 1 amide bonds. The summed E-state index contributed by atoms with van der Waals surface area (Å²) < 4.78 is 29.1. The lowest BCUT2D eigenvalue weighted by molar-refractivity contribution is 0.0200. The Morgan fingerprint density at radius 1 is 1.22 bits per heavy atom. The lowest BCUT2D eigenvalue weighted by Gasteiger charge is -2.16. The van der Waals surface area contributed by atoms with E-state index in [1.807, 2.05) is 6.92 Å². The van der Waals surface area contributed by atoms with Crippen LogP contribution in [-0.4, -0.2) is 69.8 Å². The Balaban J connectivity index is 0.000000556. The van der Waals surface area contributed by atoms with Crippen molar-refractivity contribution in [1.29, 1.82) is 0 Å². The molecule has 2 fully saturated rings. The number of ether oxygens (including phenoxy) is 1. The summed E-state index contributed by atoms with van der Waals surface area (Å²) in [4.78, 5) is 40.9. The second kappa shape index (κ2) is 10.4. The summed E-state index contributed by atoms with van der Waals surface area (Å²) in [6, 6.07) is 8.00. The first-order chi connectivity index (χ1) is 17.0. The number of aliphatic hydroxyl groups excluding tert-OH is 1. The number of amides is 1. The predicted molar refractivity (Wildman–Crippen MR) is 123 cm³/mol. The molecule has 1 aromatic carbocycles. The zero-order valence-corrected chi connectivity index (χ0v) is 19.9. The first-order valence-electron chi connectivity index (χ1n) is 11.0. The van der Waals surface area contributed by atoms with Gasteiger partial charge in [-0.15, -0.1) is 10.2 Å². The molecule has 13 nitrogen and oxygen atoms in total. The van der Waals surface area contributed by atoms with Gasteiger partial charge in [0, 0.05) is 17.3 Å². The second-order valence-corrected chi connectivity index (χ2v) is 9.30. The van der Waals surface area contributed by atoms with Gasteiger partial charge in [-0.1, -0.05) is 6.07 Å². The number of hydrogen-bond donors (Lipinski definition) is 4. The number of hydrogen-bond acceptors (Lipinski definition) is 8. The van der Waals surface area contributed by atoms with Crippen molar-refractivity contribution in [3.05, 3.63) is 42.3 Å². The minimum absolute atomic E-state index is 0.189. The Labute approximate surface area is 204 Å². The van der Waals surface area contributed by atoms with Crippen LogP contribution < -0.4 is 4.90 Å². The fraction of sp³-hybridized carbons (Fsp3) is 0.381. The van der Waals surface area contributed by atoms with E-state index in [2.05, 4.69) is 20.4 Å². The van der Waals surface area contributed by atoms with Crippen LogP contribution in [0.5, 0.6) is 0 Å². The molecular formula is C21H24FN6O7P. The fourth-order valence-corrected chi connectivity index (χ4v) is 3.69. The molecule has 1 aliphatic carbocycles. The third-order valence-corrected chi connectivity index (χ3v) is 5.62. The van der Waals surface area contributed by atoms with Crippen molar-refractivity contribution in [2.24, 2.45) is 5.92 Å². The van der Waals surface area contributed by atoms with E-state index < -0.39 is 31.9 Å². The number of anilines is 1. The number of tetrazole rings is 1. The molecular weight excluding hydrogens is 498 g/mol. The van der Waals surface area contributed by atoms with E-state index in [1.165, 1.54) is 15.8 Å². The fourth-order valence-electron chi connectivity index (χ4n) is 3.69. The Kier molecular flexibility index (Phi) is 7.43. The molecule has 3 aromatic rings. The zero-order chi connectivity index (χ0) is 26.0. The summed E-state index contributed by atoms with van der Waals surface area (Å²) in [6.45, 7) is 2.72. The van der Waals surface area contributed by atoms with Crippen LogP contribution in [0.3, 0.4) is 0 Å². The molecule has 5 rings (SSSR count). The number of rotatable bonds is 6. The van der Waals surface area contributed by atoms with Crippen LogP contribution in [0.4, 0.5) is 14.9 Å². The van der Waals surface area contributed by atoms with E-state index >= 15 is 0 Å². The molecule has 1 aliphatic heterocycles. The largest absolute Gasteiger partial charge is 0.466 e. The molecule has 36 heavy (non-hydrogen) atoms. The second-order valence-electron chi connectivity index (χ2n) is 8.27. The summed E-state index contributed by atoms with van der Waals surface area (Å²) >= 11 is 0. The minimum atomic E-state index is -4.64. The van der Waals surface area contributed by atoms with Crippen molar-refractivity contribution in [2.45, 2.75) is 38.5 Å². The molecule has 15 heteroatoms. The number of aromatic nitrogens is 5. The van der Waals surface area contributed by atoms with Crippen LogP contribution in [0.15, 0.2) is 36.5 Å². The van der Waals surface area contributed by atoms with Crippen molar-refractivity contribution < 1.29 is 38.3 Å². The predicted octanol–water partition coefficient (Wildman–Crippen LogP) is 1.73. The maximum absolute atomic E-state index is 14.9. The summed E-state index contributed by atoms with van der Waals surface area (Å²) in [5, 5.41) is 22.3. The van der Waals surface area contributed by atoms with Gasteiger partial charge >= 0.3 is 13.9 Å². The van der Waals surface area contributed by atoms with Crippen LogP contribution in [0.2, 0.25) is 0 Å². The molecule has 1 saturated carbocycles. The molecule has 3 heterocycles. The highest BCUT2D eigenvalue weighted by molar-refractivity contribution is 7.45. The average molecular weight is 522 g/mol. The molecule has 2 aliphatic rings. The van der Waals surface area contributed by atoms with Gasteiger partial charge in [0.25, 0.3) is 0 Å². The number of phosphoric acid groups is 1. The Bertz CT molecular complexity index is 1270. The van der Waals surface area contributed by atoms with E-state index in [0.29, 0.717) is 34.9 Å². The van der Waals surface area contributed by atoms with Gasteiger partial charge in [-0.25, -0.2) is 13.8 Å². The number of benzene rings is 1. The number of carbonyl (C=O) groups is 1. The number of pyridine rings is 1. The van der Waals surface area contributed by atoms with E-state index in [0.717, 1.165) is 12.8 Å². The van der Waals surface area contributed by atoms with Crippen LogP contribution >= 0.6 is 7.82 Å². The lowest BCUT2D eigenvalue weighted by Crippen LogP contribution is -2.32. The van der Waals surface area contributed by atoms with Gasteiger partial charge in [0.1, 0.15) is 17.6 Å². The van der Waals surface area contributed by atoms with Crippen molar-refractivity contribution in [2.75, 3.05) is 11.4 Å².